The molecule has 0 saturated carbocycles. The van der Waals surface area contributed by atoms with E-state index in [9.17, 15) is 9.59 Å². The van der Waals surface area contributed by atoms with Gasteiger partial charge in [0.2, 0.25) is 5.91 Å². The maximum absolute atomic E-state index is 12.2. The number of fused-ring (bicyclic) bond motifs is 2. The minimum absolute atomic E-state index is 0.221. The molecule has 0 spiro atoms. The van der Waals surface area contributed by atoms with Crippen LogP contribution in [-0.4, -0.2) is 36.7 Å². The van der Waals surface area contributed by atoms with E-state index in [1.807, 2.05) is 0 Å². The molecule has 1 aliphatic heterocycles. The van der Waals surface area contributed by atoms with Gasteiger partial charge >= 0.3 is 6.01 Å². The third-order valence-corrected chi connectivity index (χ3v) is 4.48. The van der Waals surface area contributed by atoms with Crippen molar-refractivity contribution in [3.05, 3.63) is 30.1 Å². The summed E-state index contributed by atoms with van der Waals surface area (Å²) in [6.45, 7) is 3.02. The van der Waals surface area contributed by atoms with Gasteiger partial charge in [0.25, 0.3) is 0 Å². The van der Waals surface area contributed by atoms with Crippen LogP contribution in [-0.2, 0) is 15.0 Å². The van der Waals surface area contributed by atoms with Crippen molar-refractivity contribution in [1.82, 2.24) is 19.9 Å². The average molecular weight is 323 g/mol. The number of rotatable bonds is 2. The predicted octanol–water partition coefficient (Wildman–Crippen LogP) is 1.52. The quantitative estimate of drug-likeness (QED) is 0.615. The van der Waals surface area contributed by atoms with Crippen molar-refractivity contribution in [2.75, 3.05) is 5.32 Å². The van der Waals surface area contributed by atoms with Crippen LogP contribution in [0.5, 0.6) is 6.01 Å². The van der Waals surface area contributed by atoms with Gasteiger partial charge in [-0.25, -0.2) is 15.0 Å². The highest BCUT2D eigenvalue weighted by Crippen LogP contribution is 2.40. The molecule has 0 aliphatic carbocycles. The van der Waals surface area contributed by atoms with Gasteiger partial charge in [-0.3, -0.25) is 9.59 Å². The molecule has 3 heterocycles. The summed E-state index contributed by atoms with van der Waals surface area (Å²) in [5.41, 5.74) is 1.97. The molecule has 1 amide bonds. The molecular weight excluding hydrogens is 310 g/mol. The molecule has 0 bridgehead atoms. The molecule has 0 radical (unpaired) electrons. The summed E-state index contributed by atoms with van der Waals surface area (Å²) in [7, 11) is 0. The smallest absolute Gasteiger partial charge is 0.313 e. The molecule has 8 heteroatoms. The largest absolute Gasteiger partial charge is 0.479 e. The molecule has 1 aromatic carbocycles. The number of aromatic amines is 1. The van der Waals surface area contributed by atoms with E-state index < -0.39 is 5.41 Å². The number of anilines is 1. The Kier molecular flexibility index (Phi) is 2.75. The van der Waals surface area contributed by atoms with E-state index in [0.29, 0.717) is 33.7 Å². The van der Waals surface area contributed by atoms with Crippen LogP contribution in [0, 0.1) is 0 Å². The van der Waals surface area contributed by atoms with Gasteiger partial charge in [0.15, 0.2) is 0 Å². The van der Waals surface area contributed by atoms with E-state index in [1.54, 1.807) is 19.1 Å². The van der Waals surface area contributed by atoms with Crippen molar-refractivity contribution in [3.8, 4) is 17.4 Å². The number of imidazole rings is 1. The molecule has 1 aliphatic rings. The summed E-state index contributed by atoms with van der Waals surface area (Å²) in [4.78, 5) is 39.3. The molecule has 4 rings (SSSR count). The van der Waals surface area contributed by atoms with Gasteiger partial charge in [0.05, 0.1) is 16.6 Å². The van der Waals surface area contributed by atoms with Crippen LogP contribution in [0.15, 0.2) is 24.5 Å². The molecule has 1 atom stereocenters. The van der Waals surface area contributed by atoms with Crippen molar-refractivity contribution in [3.63, 3.8) is 0 Å². The number of aromatic nitrogens is 4. The average Bonchev–Trinajstić information content (AvgIpc) is 3.06. The Balaban J connectivity index is 1.88. The van der Waals surface area contributed by atoms with Crippen LogP contribution in [0.3, 0.4) is 0 Å². The lowest BCUT2D eigenvalue weighted by atomic mass is 9.80. The second kappa shape index (κ2) is 4.60. The predicted molar refractivity (Wildman–Crippen MR) is 85.4 cm³/mol. The SMILES string of the molecule is CC(=O)C1(C)C(=O)Nc2cc3[nH]c(-c4cnc(O)nc4)nc3cc21. The van der Waals surface area contributed by atoms with Crippen molar-refractivity contribution < 1.29 is 14.7 Å². The first kappa shape index (κ1) is 14.3. The molecule has 3 aromatic rings. The highest BCUT2D eigenvalue weighted by atomic mass is 16.3. The van der Waals surface area contributed by atoms with Crippen molar-refractivity contribution in [1.29, 1.82) is 0 Å². The topological polar surface area (TPSA) is 121 Å². The number of aromatic hydroxyl groups is 1. The Hall–Kier alpha value is -3.29. The Morgan fingerprint density at radius 3 is 2.62 bits per heavy atom. The minimum atomic E-state index is -1.20. The summed E-state index contributed by atoms with van der Waals surface area (Å²) >= 11 is 0. The van der Waals surface area contributed by atoms with Crippen LogP contribution in [0.1, 0.15) is 19.4 Å². The zero-order valence-corrected chi connectivity index (χ0v) is 12.9. The van der Waals surface area contributed by atoms with Crippen LogP contribution >= 0.6 is 0 Å². The first-order valence-electron chi connectivity index (χ1n) is 7.27. The van der Waals surface area contributed by atoms with Crippen LogP contribution in [0.2, 0.25) is 0 Å². The number of ketones is 1. The van der Waals surface area contributed by atoms with E-state index in [4.69, 9.17) is 5.11 Å². The molecule has 2 aromatic heterocycles. The van der Waals surface area contributed by atoms with Gasteiger partial charge in [0, 0.05) is 23.6 Å². The highest BCUT2D eigenvalue weighted by molar-refractivity contribution is 6.21. The number of hydrogen-bond donors (Lipinski definition) is 3. The summed E-state index contributed by atoms with van der Waals surface area (Å²) < 4.78 is 0. The van der Waals surface area contributed by atoms with E-state index >= 15 is 0 Å². The van der Waals surface area contributed by atoms with Crippen LogP contribution in [0.25, 0.3) is 22.4 Å². The lowest BCUT2D eigenvalue weighted by molar-refractivity contribution is -0.130. The van der Waals surface area contributed by atoms with E-state index in [1.165, 1.54) is 19.3 Å². The summed E-state index contributed by atoms with van der Waals surface area (Å²) in [5, 5.41) is 11.9. The molecule has 3 N–H and O–H groups in total. The number of carbonyl (C=O) groups excluding carboxylic acids is 2. The van der Waals surface area contributed by atoms with Crippen molar-refractivity contribution in [2.45, 2.75) is 19.3 Å². The number of hydrogen-bond acceptors (Lipinski definition) is 6. The standard InChI is InChI=1S/C16H13N5O3/c1-7(22)16(2)9-3-11-12(4-10(9)21-14(16)23)20-13(19-11)8-5-17-15(24)18-6-8/h3-6H,1-2H3,(H,19,20)(H,21,23)(H,17,18,24). The Labute approximate surface area is 136 Å². The normalized spacial score (nSPS) is 19.3. The molecule has 24 heavy (non-hydrogen) atoms. The number of carbonyl (C=O) groups is 2. The molecule has 8 nitrogen and oxygen atoms in total. The third kappa shape index (κ3) is 1.82. The number of nitrogens with zero attached hydrogens (tertiary/aromatic N) is 3. The van der Waals surface area contributed by atoms with E-state index in [-0.39, 0.29) is 17.7 Å². The van der Waals surface area contributed by atoms with Crippen molar-refractivity contribution >= 4 is 28.4 Å². The lowest BCUT2D eigenvalue weighted by Crippen LogP contribution is -2.37. The molecule has 120 valence electrons. The zero-order valence-electron chi connectivity index (χ0n) is 12.9. The monoisotopic (exact) mass is 323 g/mol. The Morgan fingerprint density at radius 2 is 1.96 bits per heavy atom. The van der Waals surface area contributed by atoms with Gasteiger partial charge < -0.3 is 15.4 Å². The number of H-pyrrole nitrogens is 1. The van der Waals surface area contributed by atoms with Gasteiger partial charge in [-0.15, -0.1) is 0 Å². The molecular formula is C16H13N5O3. The van der Waals surface area contributed by atoms with Gasteiger partial charge in [-0.05, 0) is 26.0 Å². The fourth-order valence-corrected chi connectivity index (χ4v) is 2.87. The third-order valence-electron chi connectivity index (χ3n) is 4.48. The van der Waals surface area contributed by atoms with Crippen LogP contribution < -0.4 is 5.32 Å². The Bertz CT molecular complexity index is 1010. The Morgan fingerprint density at radius 1 is 1.25 bits per heavy atom. The molecule has 0 fully saturated rings. The van der Waals surface area contributed by atoms with Crippen molar-refractivity contribution in [2.24, 2.45) is 0 Å². The van der Waals surface area contributed by atoms with Crippen LogP contribution in [0.4, 0.5) is 5.69 Å². The zero-order chi connectivity index (χ0) is 17.1. The van der Waals surface area contributed by atoms with Gasteiger partial charge in [-0.2, -0.15) is 0 Å². The molecule has 1 unspecified atom stereocenters. The highest BCUT2D eigenvalue weighted by Gasteiger charge is 2.47. The molecule has 0 saturated heterocycles. The lowest BCUT2D eigenvalue weighted by Gasteiger charge is -2.17. The second-order valence-corrected chi connectivity index (χ2v) is 5.91. The summed E-state index contributed by atoms with van der Waals surface area (Å²) in [6, 6.07) is 3.19. The van der Waals surface area contributed by atoms with Gasteiger partial charge in [0.1, 0.15) is 17.0 Å². The first-order chi connectivity index (χ1) is 11.4. The fourth-order valence-electron chi connectivity index (χ4n) is 2.87. The van der Waals surface area contributed by atoms with E-state index in [2.05, 4.69) is 25.3 Å². The maximum Gasteiger partial charge on any atom is 0.313 e. The van der Waals surface area contributed by atoms with E-state index in [0.717, 1.165) is 0 Å². The number of nitrogens with one attached hydrogen (secondary N) is 2. The number of Topliss-reactive ketones (excluding diaryl/α,β-unsaturated/α-hetero) is 1. The summed E-state index contributed by atoms with van der Waals surface area (Å²) in [6.07, 6.45) is 2.91. The maximum atomic E-state index is 12.2. The summed E-state index contributed by atoms with van der Waals surface area (Å²) in [5.74, 6) is -0.0184. The fraction of sp³-hybridized carbons (Fsp3) is 0.188. The van der Waals surface area contributed by atoms with Gasteiger partial charge in [-0.1, -0.05) is 0 Å². The second-order valence-electron chi connectivity index (χ2n) is 5.91. The minimum Gasteiger partial charge on any atom is -0.479 e. The number of amides is 1. The first-order valence-corrected chi connectivity index (χ1v) is 7.27. The number of benzene rings is 1.